The predicted molar refractivity (Wildman–Crippen MR) is 87.9 cm³/mol. The van der Waals surface area contributed by atoms with Crippen molar-refractivity contribution in [2.75, 3.05) is 38.2 Å². The normalized spacial score (nSPS) is 15.0. The number of benzene rings is 1. The Bertz CT molecular complexity index is 581. The number of ether oxygens (including phenoxy) is 1. The second kappa shape index (κ2) is 7.30. The molecule has 0 radical (unpaired) electrons. The standard InChI is InChI=1S/C16H23N3O4/c1-12(2)10-16(20)18-8-6-17(7-9-18)14-5-4-13(23-3)11-15(14)19(21)22/h4-5,11-12H,6-10H2,1-3H3. The summed E-state index contributed by atoms with van der Waals surface area (Å²) in [6, 6.07) is 4.87. The first-order valence-electron chi connectivity index (χ1n) is 7.77. The average molecular weight is 321 g/mol. The van der Waals surface area contributed by atoms with Crippen molar-refractivity contribution in [2.45, 2.75) is 20.3 Å². The lowest BCUT2D eigenvalue weighted by Gasteiger charge is -2.36. The lowest BCUT2D eigenvalue weighted by Crippen LogP contribution is -2.49. The minimum Gasteiger partial charge on any atom is -0.496 e. The molecule has 2 rings (SSSR count). The Morgan fingerprint density at radius 2 is 1.96 bits per heavy atom. The molecule has 23 heavy (non-hydrogen) atoms. The van der Waals surface area contributed by atoms with Gasteiger partial charge in [-0.25, -0.2) is 0 Å². The van der Waals surface area contributed by atoms with Crippen molar-refractivity contribution < 1.29 is 14.5 Å². The number of methoxy groups -OCH3 is 1. The van der Waals surface area contributed by atoms with E-state index in [0.29, 0.717) is 50.0 Å². The van der Waals surface area contributed by atoms with Crippen LogP contribution in [0.15, 0.2) is 18.2 Å². The topological polar surface area (TPSA) is 75.9 Å². The Balaban J connectivity index is 2.08. The maximum atomic E-state index is 12.1. The zero-order valence-corrected chi connectivity index (χ0v) is 13.8. The van der Waals surface area contributed by atoms with Crippen molar-refractivity contribution in [2.24, 2.45) is 5.92 Å². The van der Waals surface area contributed by atoms with Crippen molar-refractivity contribution in [1.82, 2.24) is 4.90 Å². The van der Waals surface area contributed by atoms with Crippen LogP contribution in [0.25, 0.3) is 0 Å². The molecule has 1 aromatic carbocycles. The van der Waals surface area contributed by atoms with E-state index >= 15 is 0 Å². The third-order valence-electron chi connectivity index (χ3n) is 3.94. The monoisotopic (exact) mass is 321 g/mol. The summed E-state index contributed by atoms with van der Waals surface area (Å²) in [5, 5.41) is 11.3. The Morgan fingerprint density at radius 1 is 1.30 bits per heavy atom. The molecule has 0 aliphatic carbocycles. The zero-order valence-electron chi connectivity index (χ0n) is 13.8. The molecule has 1 aliphatic heterocycles. The number of hydrogen-bond acceptors (Lipinski definition) is 5. The number of carbonyl (C=O) groups is 1. The van der Waals surface area contributed by atoms with E-state index in [1.54, 1.807) is 12.1 Å². The van der Waals surface area contributed by atoms with Crippen LogP contribution in [0.4, 0.5) is 11.4 Å². The molecule has 0 aromatic heterocycles. The van der Waals surface area contributed by atoms with E-state index in [-0.39, 0.29) is 11.6 Å². The molecular formula is C16H23N3O4. The maximum Gasteiger partial charge on any atom is 0.296 e. The zero-order chi connectivity index (χ0) is 17.0. The summed E-state index contributed by atoms with van der Waals surface area (Å²) in [7, 11) is 1.48. The molecular weight excluding hydrogens is 298 g/mol. The minimum atomic E-state index is -0.395. The van der Waals surface area contributed by atoms with Gasteiger partial charge in [0.25, 0.3) is 5.69 Å². The number of piperazine rings is 1. The Labute approximate surface area is 136 Å². The molecule has 1 amide bonds. The lowest BCUT2D eigenvalue weighted by molar-refractivity contribution is -0.384. The Hall–Kier alpha value is -2.31. The number of nitrogens with zero attached hydrogens (tertiary/aromatic N) is 3. The number of nitro benzene ring substituents is 1. The van der Waals surface area contributed by atoms with Crippen LogP contribution >= 0.6 is 0 Å². The Morgan fingerprint density at radius 3 is 2.48 bits per heavy atom. The van der Waals surface area contributed by atoms with E-state index < -0.39 is 4.92 Å². The highest BCUT2D eigenvalue weighted by atomic mass is 16.6. The molecule has 1 aliphatic rings. The van der Waals surface area contributed by atoms with Crippen LogP contribution in [0.1, 0.15) is 20.3 Å². The van der Waals surface area contributed by atoms with E-state index in [0.717, 1.165) is 0 Å². The van der Waals surface area contributed by atoms with Gasteiger partial charge in [0.15, 0.2) is 0 Å². The predicted octanol–water partition coefficient (Wildman–Crippen LogP) is 2.30. The molecule has 126 valence electrons. The first-order valence-corrected chi connectivity index (χ1v) is 7.77. The van der Waals surface area contributed by atoms with Gasteiger partial charge < -0.3 is 14.5 Å². The van der Waals surface area contributed by atoms with Gasteiger partial charge in [0.05, 0.1) is 18.1 Å². The number of amides is 1. The summed E-state index contributed by atoms with van der Waals surface area (Å²) >= 11 is 0. The van der Waals surface area contributed by atoms with Gasteiger partial charge in [0.1, 0.15) is 11.4 Å². The fourth-order valence-electron chi connectivity index (χ4n) is 2.72. The molecule has 1 saturated heterocycles. The van der Waals surface area contributed by atoms with Gasteiger partial charge >= 0.3 is 0 Å². The van der Waals surface area contributed by atoms with Crippen LogP contribution in [0.3, 0.4) is 0 Å². The molecule has 7 nitrogen and oxygen atoms in total. The maximum absolute atomic E-state index is 12.1. The average Bonchev–Trinajstić information content (AvgIpc) is 2.53. The summed E-state index contributed by atoms with van der Waals surface area (Å²) in [6.07, 6.45) is 0.544. The van der Waals surface area contributed by atoms with Gasteiger partial charge in [0.2, 0.25) is 5.91 Å². The molecule has 7 heteroatoms. The van der Waals surface area contributed by atoms with Gasteiger partial charge in [-0.3, -0.25) is 14.9 Å². The minimum absolute atomic E-state index is 0.0336. The van der Waals surface area contributed by atoms with Crippen LogP contribution < -0.4 is 9.64 Å². The first kappa shape index (κ1) is 17.1. The summed E-state index contributed by atoms with van der Waals surface area (Å²) in [5.74, 6) is 0.957. The van der Waals surface area contributed by atoms with E-state index in [9.17, 15) is 14.9 Å². The van der Waals surface area contributed by atoms with E-state index in [2.05, 4.69) is 0 Å². The summed E-state index contributed by atoms with van der Waals surface area (Å²) in [5.41, 5.74) is 0.609. The van der Waals surface area contributed by atoms with Gasteiger partial charge in [-0.05, 0) is 18.1 Å². The molecule has 0 bridgehead atoms. The lowest BCUT2D eigenvalue weighted by atomic mass is 10.1. The number of anilines is 1. The van der Waals surface area contributed by atoms with E-state index in [4.69, 9.17) is 4.74 Å². The van der Waals surface area contributed by atoms with Gasteiger partial charge in [-0.15, -0.1) is 0 Å². The third-order valence-corrected chi connectivity index (χ3v) is 3.94. The molecule has 0 unspecified atom stereocenters. The van der Waals surface area contributed by atoms with Crippen molar-refractivity contribution in [3.63, 3.8) is 0 Å². The molecule has 1 fully saturated rings. The summed E-state index contributed by atoms with van der Waals surface area (Å²) in [6.45, 7) is 6.42. The highest BCUT2D eigenvalue weighted by Crippen LogP contribution is 2.32. The van der Waals surface area contributed by atoms with Crippen LogP contribution in [0, 0.1) is 16.0 Å². The van der Waals surface area contributed by atoms with E-state index in [1.165, 1.54) is 13.2 Å². The van der Waals surface area contributed by atoms with Crippen LogP contribution in [0.2, 0.25) is 0 Å². The van der Waals surface area contributed by atoms with Gasteiger partial charge in [-0.2, -0.15) is 0 Å². The smallest absolute Gasteiger partial charge is 0.296 e. The van der Waals surface area contributed by atoms with Crippen LogP contribution in [0.5, 0.6) is 5.75 Å². The van der Waals surface area contributed by atoms with Crippen LogP contribution in [-0.4, -0.2) is 49.0 Å². The number of hydrogen-bond donors (Lipinski definition) is 0. The SMILES string of the molecule is COc1ccc(N2CCN(C(=O)CC(C)C)CC2)c([N+](=O)[O-])c1. The van der Waals surface area contributed by atoms with Crippen molar-refractivity contribution in [1.29, 1.82) is 0 Å². The second-order valence-electron chi connectivity index (χ2n) is 6.08. The number of carbonyl (C=O) groups excluding carboxylic acids is 1. The molecule has 0 atom stereocenters. The quantitative estimate of drug-likeness (QED) is 0.614. The molecule has 1 aromatic rings. The number of rotatable bonds is 5. The van der Waals surface area contributed by atoms with E-state index in [1.807, 2.05) is 23.6 Å². The van der Waals surface area contributed by atoms with Crippen molar-refractivity contribution in [3.8, 4) is 5.75 Å². The summed E-state index contributed by atoms with van der Waals surface area (Å²) in [4.78, 5) is 26.8. The largest absolute Gasteiger partial charge is 0.496 e. The molecule has 0 saturated carbocycles. The molecule has 0 spiro atoms. The van der Waals surface area contributed by atoms with Crippen molar-refractivity contribution >= 4 is 17.3 Å². The fraction of sp³-hybridized carbons (Fsp3) is 0.562. The summed E-state index contributed by atoms with van der Waals surface area (Å²) < 4.78 is 5.06. The molecule has 0 N–H and O–H groups in total. The van der Waals surface area contributed by atoms with Gasteiger partial charge in [0, 0.05) is 32.6 Å². The first-order chi connectivity index (χ1) is 10.9. The second-order valence-corrected chi connectivity index (χ2v) is 6.08. The highest BCUT2D eigenvalue weighted by Gasteiger charge is 2.26. The highest BCUT2D eigenvalue weighted by molar-refractivity contribution is 5.77. The van der Waals surface area contributed by atoms with Gasteiger partial charge in [-0.1, -0.05) is 13.8 Å². The fourth-order valence-corrected chi connectivity index (χ4v) is 2.72. The Kier molecular flexibility index (Phi) is 5.41. The van der Waals surface area contributed by atoms with Crippen molar-refractivity contribution in [3.05, 3.63) is 28.3 Å². The molecule has 1 heterocycles. The number of nitro groups is 1. The third kappa shape index (κ3) is 4.12. The van der Waals surface area contributed by atoms with Crippen LogP contribution in [-0.2, 0) is 4.79 Å².